The Hall–Kier alpha value is -1.87. The Kier molecular flexibility index (Phi) is 5.52. The number of hydrogen-bond acceptors (Lipinski definition) is 5. The molecule has 9 heteroatoms. The molecule has 1 aliphatic heterocycles. The molecule has 1 heterocycles. The lowest BCUT2D eigenvalue weighted by molar-refractivity contribution is -0.146. The molecule has 9 nitrogen and oxygen atoms in total. The second-order valence-corrected chi connectivity index (χ2v) is 3.94. The first-order valence-electron chi connectivity index (χ1n) is 5.72. The lowest BCUT2D eigenvalue weighted by Crippen LogP contribution is -2.58. The van der Waals surface area contributed by atoms with E-state index in [4.69, 9.17) is 14.9 Å². The highest BCUT2D eigenvalue weighted by Crippen LogP contribution is 2.07. The SMILES string of the molecule is CNC(=O)C1COCCN1C(=O)NCC(O)C(=O)O. The number of amides is 3. The summed E-state index contributed by atoms with van der Waals surface area (Å²) in [5.41, 5.74) is 0. The number of nitrogens with zero attached hydrogens (tertiary/aromatic N) is 1. The summed E-state index contributed by atoms with van der Waals surface area (Å²) < 4.78 is 5.12. The van der Waals surface area contributed by atoms with Gasteiger partial charge in [-0.3, -0.25) is 4.79 Å². The first-order valence-corrected chi connectivity index (χ1v) is 5.72. The zero-order valence-electron chi connectivity index (χ0n) is 10.5. The van der Waals surface area contributed by atoms with Crippen LogP contribution in [0, 0.1) is 0 Å². The van der Waals surface area contributed by atoms with E-state index in [2.05, 4.69) is 10.6 Å². The Bertz CT molecular complexity index is 361. The average molecular weight is 275 g/mol. The number of carboxylic acid groups (broad SMARTS) is 1. The van der Waals surface area contributed by atoms with Crippen molar-refractivity contribution in [1.82, 2.24) is 15.5 Å². The van der Waals surface area contributed by atoms with Gasteiger partial charge in [-0.15, -0.1) is 0 Å². The molecule has 1 fully saturated rings. The molecule has 4 N–H and O–H groups in total. The molecule has 3 amide bonds. The van der Waals surface area contributed by atoms with Crippen molar-refractivity contribution in [3.05, 3.63) is 0 Å². The molecule has 0 radical (unpaired) electrons. The summed E-state index contributed by atoms with van der Waals surface area (Å²) in [6.45, 7) is 0.163. The predicted octanol–water partition coefficient (Wildman–Crippen LogP) is -2.41. The Balaban J connectivity index is 2.57. The third-order valence-corrected chi connectivity index (χ3v) is 2.67. The summed E-state index contributed by atoms with van der Waals surface area (Å²) in [5.74, 6) is -1.79. The van der Waals surface area contributed by atoms with Crippen molar-refractivity contribution in [2.24, 2.45) is 0 Å². The smallest absolute Gasteiger partial charge is 0.334 e. The zero-order valence-corrected chi connectivity index (χ0v) is 10.5. The van der Waals surface area contributed by atoms with Gasteiger partial charge in [-0.05, 0) is 0 Å². The maximum absolute atomic E-state index is 11.8. The molecular weight excluding hydrogens is 258 g/mol. The van der Waals surface area contributed by atoms with Crippen molar-refractivity contribution in [1.29, 1.82) is 0 Å². The highest BCUT2D eigenvalue weighted by Gasteiger charge is 2.32. The number of likely N-dealkylation sites (N-methyl/N-ethyl adjacent to an activating group) is 1. The van der Waals surface area contributed by atoms with E-state index >= 15 is 0 Å². The van der Waals surface area contributed by atoms with Crippen LogP contribution in [0.5, 0.6) is 0 Å². The molecule has 19 heavy (non-hydrogen) atoms. The van der Waals surface area contributed by atoms with Crippen molar-refractivity contribution < 1.29 is 29.3 Å². The van der Waals surface area contributed by atoms with E-state index in [9.17, 15) is 14.4 Å². The monoisotopic (exact) mass is 275 g/mol. The fourth-order valence-corrected chi connectivity index (χ4v) is 1.60. The van der Waals surface area contributed by atoms with E-state index in [1.807, 2.05) is 0 Å². The van der Waals surface area contributed by atoms with E-state index in [0.29, 0.717) is 6.61 Å². The third kappa shape index (κ3) is 4.07. The number of rotatable bonds is 4. The van der Waals surface area contributed by atoms with Gasteiger partial charge in [-0.2, -0.15) is 0 Å². The van der Waals surface area contributed by atoms with E-state index in [-0.39, 0.29) is 19.1 Å². The Morgan fingerprint density at radius 3 is 2.74 bits per heavy atom. The number of urea groups is 1. The minimum Gasteiger partial charge on any atom is -0.479 e. The summed E-state index contributed by atoms with van der Waals surface area (Å²) >= 11 is 0. The second kappa shape index (κ2) is 6.90. The van der Waals surface area contributed by atoms with E-state index in [1.54, 1.807) is 0 Å². The number of aliphatic hydroxyl groups is 1. The van der Waals surface area contributed by atoms with Crippen molar-refractivity contribution in [3.63, 3.8) is 0 Å². The maximum atomic E-state index is 11.8. The van der Waals surface area contributed by atoms with Gasteiger partial charge < -0.3 is 30.5 Å². The predicted molar refractivity (Wildman–Crippen MR) is 62.4 cm³/mol. The van der Waals surface area contributed by atoms with Crippen molar-refractivity contribution in [2.75, 3.05) is 33.4 Å². The fourth-order valence-electron chi connectivity index (χ4n) is 1.60. The van der Waals surface area contributed by atoms with Crippen molar-refractivity contribution in [2.45, 2.75) is 12.1 Å². The quantitative estimate of drug-likeness (QED) is 0.452. The zero-order chi connectivity index (χ0) is 14.4. The molecule has 0 aromatic carbocycles. The van der Waals surface area contributed by atoms with Gasteiger partial charge in [0.05, 0.1) is 19.8 Å². The summed E-state index contributed by atoms with van der Waals surface area (Å²) in [6, 6.07) is -1.38. The lowest BCUT2D eigenvalue weighted by atomic mass is 10.2. The van der Waals surface area contributed by atoms with Crippen LogP contribution in [-0.4, -0.2) is 78.5 Å². The Labute approximate surface area is 109 Å². The Morgan fingerprint density at radius 2 is 2.16 bits per heavy atom. The molecule has 2 unspecified atom stereocenters. The number of carboxylic acids is 1. The standard InChI is InChI=1S/C10H17N3O6/c1-11-8(15)6-5-19-3-2-13(6)10(18)12-4-7(14)9(16)17/h6-7,14H,2-5H2,1H3,(H,11,15)(H,12,18)(H,16,17). The van der Waals surface area contributed by atoms with E-state index < -0.39 is 30.7 Å². The molecule has 0 bridgehead atoms. The molecular formula is C10H17N3O6. The van der Waals surface area contributed by atoms with Crippen LogP contribution < -0.4 is 10.6 Å². The van der Waals surface area contributed by atoms with Crippen LogP contribution >= 0.6 is 0 Å². The van der Waals surface area contributed by atoms with Crippen LogP contribution in [0.4, 0.5) is 4.79 Å². The first kappa shape index (κ1) is 15.2. The maximum Gasteiger partial charge on any atom is 0.334 e. The van der Waals surface area contributed by atoms with Crippen LogP contribution in [0.2, 0.25) is 0 Å². The van der Waals surface area contributed by atoms with Crippen LogP contribution in [0.3, 0.4) is 0 Å². The van der Waals surface area contributed by atoms with E-state index in [0.717, 1.165) is 0 Å². The van der Waals surface area contributed by atoms with Gasteiger partial charge in [0, 0.05) is 13.6 Å². The molecule has 0 aliphatic carbocycles. The van der Waals surface area contributed by atoms with Gasteiger partial charge in [0.25, 0.3) is 0 Å². The number of aliphatic hydroxyl groups excluding tert-OH is 1. The van der Waals surface area contributed by atoms with Crippen LogP contribution in [0.1, 0.15) is 0 Å². The summed E-state index contributed by atoms with van der Waals surface area (Å²) in [7, 11) is 1.45. The summed E-state index contributed by atoms with van der Waals surface area (Å²) in [4.78, 5) is 35.1. The first-order chi connectivity index (χ1) is 8.97. The average Bonchev–Trinajstić information content (AvgIpc) is 2.43. The number of hydrogen-bond donors (Lipinski definition) is 4. The van der Waals surface area contributed by atoms with Gasteiger partial charge >= 0.3 is 12.0 Å². The number of aliphatic carboxylic acids is 1. The largest absolute Gasteiger partial charge is 0.479 e. The highest BCUT2D eigenvalue weighted by atomic mass is 16.5. The number of carbonyl (C=O) groups excluding carboxylic acids is 2. The Morgan fingerprint density at radius 1 is 1.47 bits per heavy atom. The molecule has 1 saturated heterocycles. The van der Waals surface area contributed by atoms with Crippen LogP contribution in [0.15, 0.2) is 0 Å². The van der Waals surface area contributed by atoms with Gasteiger partial charge in [0.1, 0.15) is 6.04 Å². The molecule has 0 aromatic heterocycles. The summed E-state index contributed by atoms with van der Waals surface area (Å²) in [5, 5.41) is 22.2. The molecule has 0 aromatic rings. The number of morpholine rings is 1. The van der Waals surface area contributed by atoms with Gasteiger partial charge in [0.15, 0.2) is 6.10 Å². The number of nitrogens with one attached hydrogen (secondary N) is 2. The molecule has 108 valence electrons. The van der Waals surface area contributed by atoms with Gasteiger partial charge in [-0.25, -0.2) is 9.59 Å². The topological polar surface area (TPSA) is 128 Å². The van der Waals surface area contributed by atoms with Crippen molar-refractivity contribution >= 4 is 17.9 Å². The number of carbonyl (C=O) groups is 3. The van der Waals surface area contributed by atoms with Crippen LogP contribution in [-0.2, 0) is 14.3 Å². The minimum atomic E-state index is -1.68. The highest BCUT2D eigenvalue weighted by molar-refractivity contribution is 5.87. The third-order valence-electron chi connectivity index (χ3n) is 2.67. The minimum absolute atomic E-state index is 0.0780. The summed E-state index contributed by atoms with van der Waals surface area (Å²) in [6.07, 6.45) is -1.68. The molecule has 0 spiro atoms. The normalized spacial score (nSPS) is 20.5. The molecule has 1 rings (SSSR count). The van der Waals surface area contributed by atoms with Crippen molar-refractivity contribution in [3.8, 4) is 0 Å². The van der Waals surface area contributed by atoms with Gasteiger partial charge in [0.2, 0.25) is 5.91 Å². The second-order valence-electron chi connectivity index (χ2n) is 3.94. The molecule has 0 saturated carbocycles. The van der Waals surface area contributed by atoms with Crippen LogP contribution in [0.25, 0.3) is 0 Å². The number of ether oxygens (including phenoxy) is 1. The molecule has 2 atom stereocenters. The van der Waals surface area contributed by atoms with Gasteiger partial charge in [-0.1, -0.05) is 0 Å². The van der Waals surface area contributed by atoms with E-state index in [1.165, 1.54) is 11.9 Å². The fraction of sp³-hybridized carbons (Fsp3) is 0.700. The lowest BCUT2D eigenvalue weighted by Gasteiger charge is -2.34. The molecule has 1 aliphatic rings.